The van der Waals surface area contributed by atoms with Crippen molar-refractivity contribution in [1.29, 1.82) is 0 Å². The predicted molar refractivity (Wildman–Crippen MR) is 41.5 cm³/mol. The van der Waals surface area contributed by atoms with E-state index in [-0.39, 0.29) is 0 Å². The highest BCUT2D eigenvalue weighted by Crippen LogP contribution is 1.98. The quantitative estimate of drug-likeness (QED) is 0.514. The molecule has 4 nitrogen and oxygen atoms in total. The van der Waals surface area contributed by atoms with Gasteiger partial charge >= 0.3 is 5.97 Å². The van der Waals surface area contributed by atoms with Crippen molar-refractivity contribution in [1.82, 2.24) is 10.6 Å². The van der Waals surface area contributed by atoms with E-state index in [1.807, 2.05) is 0 Å². The van der Waals surface area contributed by atoms with Gasteiger partial charge in [-0.3, -0.25) is 4.79 Å². The second kappa shape index (κ2) is 3.69. The summed E-state index contributed by atoms with van der Waals surface area (Å²) in [5, 5.41) is 14.7. The van der Waals surface area contributed by atoms with Gasteiger partial charge in [0.15, 0.2) is 0 Å². The van der Waals surface area contributed by atoms with Crippen LogP contribution in [0.1, 0.15) is 13.3 Å². The molecule has 2 unspecified atom stereocenters. The predicted octanol–water partition coefficient (Wildman–Crippen LogP) is -0.589. The van der Waals surface area contributed by atoms with Gasteiger partial charge < -0.3 is 15.7 Å². The zero-order valence-corrected chi connectivity index (χ0v) is 6.63. The van der Waals surface area contributed by atoms with Crippen molar-refractivity contribution in [3.05, 3.63) is 0 Å². The lowest BCUT2D eigenvalue weighted by Crippen LogP contribution is -2.42. The number of aliphatic carboxylic acids is 1. The molecule has 11 heavy (non-hydrogen) atoms. The summed E-state index contributed by atoms with van der Waals surface area (Å²) in [5.41, 5.74) is 0. The Morgan fingerprint density at radius 1 is 1.82 bits per heavy atom. The van der Waals surface area contributed by atoms with Crippen molar-refractivity contribution < 1.29 is 9.90 Å². The van der Waals surface area contributed by atoms with Gasteiger partial charge in [0.2, 0.25) is 0 Å². The maximum Gasteiger partial charge on any atom is 0.320 e. The van der Waals surface area contributed by atoms with Gasteiger partial charge in [-0.05, 0) is 19.9 Å². The number of carboxylic acid groups (broad SMARTS) is 1. The summed E-state index contributed by atoms with van der Waals surface area (Å²) in [7, 11) is 0. The maximum absolute atomic E-state index is 10.4. The molecule has 1 saturated heterocycles. The van der Waals surface area contributed by atoms with Crippen molar-refractivity contribution in [2.24, 2.45) is 0 Å². The lowest BCUT2D eigenvalue weighted by molar-refractivity contribution is -0.139. The Bertz CT molecular complexity index is 143. The van der Waals surface area contributed by atoms with Crippen LogP contribution in [0.3, 0.4) is 0 Å². The minimum absolute atomic E-state index is 0.334. The zero-order valence-electron chi connectivity index (χ0n) is 6.63. The second-order valence-electron chi connectivity index (χ2n) is 2.92. The molecule has 0 spiro atoms. The first kappa shape index (κ1) is 8.49. The lowest BCUT2D eigenvalue weighted by Gasteiger charge is -2.14. The molecule has 0 saturated carbocycles. The van der Waals surface area contributed by atoms with E-state index in [0.29, 0.717) is 6.04 Å². The number of rotatable bonds is 3. The molecule has 1 aliphatic heterocycles. The Labute approximate surface area is 66.0 Å². The first-order chi connectivity index (χ1) is 5.20. The summed E-state index contributed by atoms with van der Waals surface area (Å²) in [5.74, 6) is -0.781. The third-order valence-corrected chi connectivity index (χ3v) is 1.92. The van der Waals surface area contributed by atoms with E-state index in [4.69, 9.17) is 5.11 Å². The normalized spacial score (nSPS) is 26.8. The van der Waals surface area contributed by atoms with Crippen LogP contribution in [0.2, 0.25) is 0 Å². The third-order valence-electron chi connectivity index (χ3n) is 1.92. The van der Waals surface area contributed by atoms with Crippen LogP contribution in [0.25, 0.3) is 0 Å². The van der Waals surface area contributed by atoms with Crippen molar-refractivity contribution >= 4 is 5.97 Å². The van der Waals surface area contributed by atoms with Crippen LogP contribution in [-0.4, -0.2) is 36.2 Å². The number of carboxylic acids is 1. The summed E-state index contributed by atoms with van der Waals surface area (Å²) in [6.07, 6.45) is 1.03. The molecule has 1 fully saturated rings. The molecule has 1 heterocycles. The standard InChI is InChI=1S/C7H14N2O2/c1-5(7(10)11)9-6-2-3-8-4-6/h5-6,8-9H,2-4H2,1H3,(H,10,11). The van der Waals surface area contributed by atoms with E-state index in [0.717, 1.165) is 19.5 Å². The van der Waals surface area contributed by atoms with Gasteiger partial charge in [0.05, 0.1) is 0 Å². The van der Waals surface area contributed by atoms with Crippen molar-refractivity contribution in [2.75, 3.05) is 13.1 Å². The minimum atomic E-state index is -0.781. The molecule has 64 valence electrons. The maximum atomic E-state index is 10.4. The summed E-state index contributed by atoms with van der Waals surface area (Å²) in [6.45, 7) is 3.54. The molecule has 0 aromatic rings. The molecule has 0 radical (unpaired) electrons. The highest BCUT2D eigenvalue weighted by atomic mass is 16.4. The molecule has 0 amide bonds. The topological polar surface area (TPSA) is 61.4 Å². The largest absolute Gasteiger partial charge is 0.480 e. The van der Waals surface area contributed by atoms with Gasteiger partial charge in [-0.2, -0.15) is 0 Å². The monoisotopic (exact) mass is 158 g/mol. The molecule has 2 atom stereocenters. The number of nitrogens with one attached hydrogen (secondary N) is 2. The molecule has 4 heteroatoms. The molecular formula is C7H14N2O2. The van der Waals surface area contributed by atoms with Crippen LogP contribution in [0.15, 0.2) is 0 Å². The van der Waals surface area contributed by atoms with Gasteiger partial charge in [0.25, 0.3) is 0 Å². The highest BCUT2D eigenvalue weighted by molar-refractivity contribution is 5.72. The zero-order chi connectivity index (χ0) is 8.27. The first-order valence-corrected chi connectivity index (χ1v) is 3.89. The van der Waals surface area contributed by atoms with Gasteiger partial charge in [0, 0.05) is 12.6 Å². The summed E-state index contributed by atoms with van der Waals surface area (Å²) in [6, 6.07) is -0.0963. The van der Waals surface area contributed by atoms with Gasteiger partial charge in [-0.1, -0.05) is 0 Å². The van der Waals surface area contributed by atoms with Crippen molar-refractivity contribution in [3.63, 3.8) is 0 Å². The Hall–Kier alpha value is -0.610. The second-order valence-corrected chi connectivity index (χ2v) is 2.92. The smallest absolute Gasteiger partial charge is 0.320 e. The van der Waals surface area contributed by atoms with Crippen LogP contribution in [0, 0.1) is 0 Å². The molecule has 1 rings (SSSR count). The van der Waals surface area contributed by atoms with E-state index in [1.54, 1.807) is 6.92 Å². The van der Waals surface area contributed by atoms with Crippen LogP contribution < -0.4 is 10.6 Å². The average molecular weight is 158 g/mol. The van der Waals surface area contributed by atoms with Gasteiger partial charge in [0.1, 0.15) is 6.04 Å². The Morgan fingerprint density at radius 3 is 3.00 bits per heavy atom. The summed E-state index contributed by atoms with van der Waals surface area (Å²) in [4.78, 5) is 10.4. The van der Waals surface area contributed by atoms with E-state index in [2.05, 4.69) is 10.6 Å². The number of hydrogen-bond acceptors (Lipinski definition) is 3. The molecule has 3 N–H and O–H groups in total. The fourth-order valence-corrected chi connectivity index (χ4v) is 1.22. The lowest BCUT2D eigenvalue weighted by atomic mass is 10.2. The molecule has 0 aromatic heterocycles. The van der Waals surface area contributed by atoms with Crippen LogP contribution in [0.5, 0.6) is 0 Å². The van der Waals surface area contributed by atoms with Crippen molar-refractivity contribution in [3.8, 4) is 0 Å². The van der Waals surface area contributed by atoms with Gasteiger partial charge in [-0.15, -0.1) is 0 Å². The van der Waals surface area contributed by atoms with Gasteiger partial charge in [-0.25, -0.2) is 0 Å². The molecule has 1 aliphatic rings. The summed E-state index contributed by atoms with van der Waals surface area (Å²) < 4.78 is 0. The average Bonchev–Trinajstić information content (AvgIpc) is 2.39. The molecule has 0 aliphatic carbocycles. The van der Waals surface area contributed by atoms with Crippen LogP contribution in [0.4, 0.5) is 0 Å². The molecular weight excluding hydrogens is 144 g/mol. The molecule has 0 aromatic carbocycles. The summed E-state index contributed by atoms with van der Waals surface area (Å²) >= 11 is 0. The fraction of sp³-hybridized carbons (Fsp3) is 0.857. The Balaban J connectivity index is 2.23. The Kier molecular flexibility index (Phi) is 2.84. The minimum Gasteiger partial charge on any atom is -0.480 e. The van der Waals surface area contributed by atoms with E-state index < -0.39 is 12.0 Å². The number of carbonyl (C=O) groups is 1. The Morgan fingerprint density at radius 2 is 2.55 bits per heavy atom. The highest BCUT2D eigenvalue weighted by Gasteiger charge is 2.19. The SMILES string of the molecule is CC(NC1CCNC1)C(=O)O. The first-order valence-electron chi connectivity index (χ1n) is 3.89. The van der Waals surface area contributed by atoms with Crippen LogP contribution >= 0.6 is 0 Å². The van der Waals surface area contributed by atoms with E-state index in [9.17, 15) is 4.79 Å². The molecule has 0 bridgehead atoms. The fourth-order valence-electron chi connectivity index (χ4n) is 1.22. The van der Waals surface area contributed by atoms with E-state index in [1.165, 1.54) is 0 Å². The number of hydrogen-bond donors (Lipinski definition) is 3. The van der Waals surface area contributed by atoms with E-state index >= 15 is 0 Å². The third kappa shape index (κ3) is 2.48. The van der Waals surface area contributed by atoms with Crippen LogP contribution in [-0.2, 0) is 4.79 Å². The van der Waals surface area contributed by atoms with Crippen molar-refractivity contribution in [2.45, 2.75) is 25.4 Å².